The number of hydrogen-bond acceptors (Lipinski definition) is 1. The third-order valence-corrected chi connectivity index (χ3v) is 7.80. The van der Waals surface area contributed by atoms with Crippen molar-refractivity contribution < 1.29 is 4.79 Å². The van der Waals surface area contributed by atoms with Gasteiger partial charge >= 0.3 is 0 Å². The first kappa shape index (κ1) is 18.0. The molecule has 0 bridgehead atoms. The van der Waals surface area contributed by atoms with Crippen LogP contribution in [0.2, 0.25) is 0 Å². The molecule has 6 atom stereocenters. The highest BCUT2D eigenvalue weighted by Crippen LogP contribution is 2.62. The third-order valence-electron chi connectivity index (χ3n) is 7.80. The van der Waals surface area contributed by atoms with Crippen molar-refractivity contribution >= 4 is 6.29 Å². The smallest absolute Gasteiger partial charge is 0.123 e. The predicted octanol–water partition coefficient (Wildman–Crippen LogP) is 6.12. The van der Waals surface area contributed by atoms with E-state index in [1.54, 1.807) is 0 Å². The Labute approximate surface area is 138 Å². The quantitative estimate of drug-likeness (QED) is 0.559. The number of fused-ring (bicyclic) bond motifs is 1. The summed E-state index contributed by atoms with van der Waals surface area (Å²) in [4.78, 5) is 11.7. The Kier molecular flexibility index (Phi) is 5.45. The van der Waals surface area contributed by atoms with Gasteiger partial charge in [0.05, 0.1) is 0 Å². The van der Waals surface area contributed by atoms with Crippen LogP contribution in [0.4, 0.5) is 0 Å². The van der Waals surface area contributed by atoms with Crippen molar-refractivity contribution in [3.63, 3.8) is 0 Å². The zero-order valence-electron chi connectivity index (χ0n) is 15.8. The molecule has 1 unspecified atom stereocenters. The second-order valence-corrected chi connectivity index (χ2v) is 9.48. The Bertz CT molecular complexity index is 385. The monoisotopic (exact) mass is 306 g/mol. The first-order chi connectivity index (χ1) is 10.3. The fourth-order valence-electron chi connectivity index (χ4n) is 6.13. The number of aldehydes is 1. The van der Waals surface area contributed by atoms with Crippen LogP contribution in [0.15, 0.2) is 0 Å². The predicted molar refractivity (Wildman–Crippen MR) is 94.7 cm³/mol. The van der Waals surface area contributed by atoms with Crippen molar-refractivity contribution in [3.05, 3.63) is 0 Å². The molecule has 0 aromatic heterocycles. The average molecular weight is 307 g/mol. The molecule has 2 saturated carbocycles. The van der Waals surface area contributed by atoms with E-state index in [0.717, 1.165) is 30.6 Å². The Balaban J connectivity index is 2.25. The minimum absolute atomic E-state index is 0.262. The molecule has 0 N–H and O–H groups in total. The van der Waals surface area contributed by atoms with Gasteiger partial charge in [-0.25, -0.2) is 0 Å². The topological polar surface area (TPSA) is 17.1 Å². The van der Waals surface area contributed by atoms with Crippen molar-refractivity contribution in [1.82, 2.24) is 0 Å². The molecule has 0 saturated heterocycles. The fourth-order valence-corrected chi connectivity index (χ4v) is 6.13. The van der Waals surface area contributed by atoms with Gasteiger partial charge in [-0.3, -0.25) is 0 Å². The molecule has 0 amide bonds. The maximum atomic E-state index is 11.7. The molecule has 2 aliphatic carbocycles. The average Bonchev–Trinajstić information content (AvgIpc) is 2.45. The summed E-state index contributed by atoms with van der Waals surface area (Å²) < 4.78 is 0. The van der Waals surface area contributed by atoms with E-state index in [1.165, 1.54) is 38.4 Å². The lowest BCUT2D eigenvalue weighted by molar-refractivity contribution is -0.120. The molecule has 2 fully saturated rings. The number of hydrogen-bond donors (Lipinski definition) is 0. The molecule has 128 valence electrons. The van der Waals surface area contributed by atoms with Crippen molar-refractivity contribution in [2.75, 3.05) is 0 Å². The lowest BCUT2D eigenvalue weighted by atomic mass is 9.45. The standard InChI is InChI=1S/C21H38O/c1-7-15(2)17(14-22)13-18-16(3)9-10-19-20(4,5)11-8-12-21(18,19)6/h14-19H,7-13H2,1-6H3/t15-,16+,17?,18+,19+,21-/m1/s1. The molecule has 0 aromatic carbocycles. The molecule has 2 rings (SSSR count). The van der Waals surface area contributed by atoms with Crippen LogP contribution in [0.25, 0.3) is 0 Å². The van der Waals surface area contributed by atoms with E-state index in [1.807, 2.05) is 0 Å². The van der Waals surface area contributed by atoms with Gasteiger partial charge in [-0.1, -0.05) is 60.8 Å². The first-order valence-electron chi connectivity index (χ1n) is 9.71. The summed E-state index contributed by atoms with van der Waals surface area (Å²) in [7, 11) is 0. The van der Waals surface area contributed by atoms with Gasteiger partial charge in [-0.2, -0.15) is 0 Å². The van der Waals surface area contributed by atoms with Crippen LogP contribution in [-0.4, -0.2) is 6.29 Å². The highest BCUT2D eigenvalue weighted by atomic mass is 16.1. The first-order valence-corrected chi connectivity index (χ1v) is 9.71. The fraction of sp³-hybridized carbons (Fsp3) is 0.952. The van der Waals surface area contributed by atoms with Crippen LogP contribution in [0.5, 0.6) is 0 Å². The van der Waals surface area contributed by atoms with E-state index in [4.69, 9.17) is 0 Å². The highest BCUT2D eigenvalue weighted by molar-refractivity contribution is 5.54. The van der Waals surface area contributed by atoms with Gasteiger partial charge in [0.2, 0.25) is 0 Å². The van der Waals surface area contributed by atoms with Crippen molar-refractivity contribution in [1.29, 1.82) is 0 Å². The van der Waals surface area contributed by atoms with E-state index in [0.29, 0.717) is 16.7 Å². The van der Waals surface area contributed by atoms with Crippen LogP contribution in [-0.2, 0) is 4.79 Å². The SMILES string of the molecule is CC[C@@H](C)C(C=O)C[C@H]1[C@@H](C)CC[C@H]2C(C)(C)CCC[C@]12C. The Hall–Kier alpha value is -0.330. The number of carbonyl (C=O) groups excluding carboxylic acids is 1. The molecule has 22 heavy (non-hydrogen) atoms. The van der Waals surface area contributed by atoms with Crippen molar-refractivity contribution in [3.8, 4) is 0 Å². The lowest BCUT2D eigenvalue weighted by Crippen LogP contribution is -2.51. The summed E-state index contributed by atoms with van der Waals surface area (Å²) in [5.74, 6) is 3.15. The maximum Gasteiger partial charge on any atom is 0.123 e. The second-order valence-electron chi connectivity index (χ2n) is 9.48. The van der Waals surface area contributed by atoms with Crippen LogP contribution < -0.4 is 0 Å². The van der Waals surface area contributed by atoms with E-state index in [-0.39, 0.29) is 5.92 Å². The maximum absolute atomic E-state index is 11.7. The molecule has 0 aliphatic heterocycles. The largest absolute Gasteiger partial charge is 0.303 e. The normalized spacial score (nSPS) is 40.5. The Morgan fingerprint density at radius 3 is 2.45 bits per heavy atom. The minimum atomic E-state index is 0.262. The summed E-state index contributed by atoms with van der Waals surface area (Å²) in [6.07, 6.45) is 10.4. The molecule has 0 heterocycles. The zero-order valence-corrected chi connectivity index (χ0v) is 15.8. The van der Waals surface area contributed by atoms with Crippen LogP contribution in [0.1, 0.15) is 86.5 Å². The second kappa shape index (κ2) is 6.65. The van der Waals surface area contributed by atoms with Crippen molar-refractivity contribution in [2.45, 2.75) is 86.5 Å². The summed E-state index contributed by atoms with van der Waals surface area (Å²) in [5, 5.41) is 0. The summed E-state index contributed by atoms with van der Waals surface area (Å²) in [5.41, 5.74) is 0.937. The van der Waals surface area contributed by atoms with Gasteiger partial charge in [0, 0.05) is 5.92 Å². The Morgan fingerprint density at radius 2 is 1.86 bits per heavy atom. The van der Waals surface area contributed by atoms with E-state index in [2.05, 4.69) is 41.5 Å². The molecule has 1 nitrogen and oxygen atoms in total. The van der Waals surface area contributed by atoms with Crippen molar-refractivity contribution in [2.24, 2.45) is 40.4 Å². The van der Waals surface area contributed by atoms with E-state index < -0.39 is 0 Å². The summed E-state index contributed by atoms with van der Waals surface area (Å²) in [6.45, 7) is 14.5. The zero-order chi connectivity index (χ0) is 16.5. The van der Waals surface area contributed by atoms with Crippen LogP contribution in [0, 0.1) is 40.4 Å². The number of carbonyl (C=O) groups is 1. The Morgan fingerprint density at radius 1 is 1.18 bits per heavy atom. The van der Waals surface area contributed by atoms with Gasteiger partial charge in [0.25, 0.3) is 0 Å². The highest BCUT2D eigenvalue weighted by Gasteiger charge is 2.53. The summed E-state index contributed by atoms with van der Waals surface area (Å²) >= 11 is 0. The molecule has 0 aromatic rings. The van der Waals surface area contributed by atoms with Crippen LogP contribution in [0.3, 0.4) is 0 Å². The molecule has 0 radical (unpaired) electrons. The van der Waals surface area contributed by atoms with Gasteiger partial charge in [-0.05, 0) is 60.2 Å². The lowest BCUT2D eigenvalue weighted by Gasteiger charge is -2.59. The third kappa shape index (κ3) is 3.15. The molecule has 1 heteroatoms. The van der Waals surface area contributed by atoms with E-state index >= 15 is 0 Å². The minimum Gasteiger partial charge on any atom is -0.303 e. The number of rotatable bonds is 5. The van der Waals surface area contributed by atoms with Gasteiger partial charge < -0.3 is 4.79 Å². The molecule has 2 aliphatic rings. The molecule has 0 spiro atoms. The van der Waals surface area contributed by atoms with Gasteiger partial charge in [0.1, 0.15) is 6.29 Å². The summed E-state index contributed by atoms with van der Waals surface area (Å²) in [6, 6.07) is 0. The van der Waals surface area contributed by atoms with Crippen LogP contribution >= 0.6 is 0 Å². The molecular formula is C21H38O. The van der Waals surface area contributed by atoms with E-state index in [9.17, 15) is 4.79 Å². The van der Waals surface area contributed by atoms with Gasteiger partial charge in [0.15, 0.2) is 0 Å². The van der Waals surface area contributed by atoms with Gasteiger partial charge in [-0.15, -0.1) is 0 Å². The molecular weight excluding hydrogens is 268 g/mol.